The number of cyclic esters (lactones) is 1. The predicted molar refractivity (Wildman–Crippen MR) is 125 cm³/mol. The Balaban J connectivity index is 1.41. The predicted octanol–water partition coefficient (Wildman–Crippen LogP) is 4.74. The van der Waals surface area contributed by atoms with Crippen LogP contribution in [0.3, 0.4) is 0 Å². The fourth-order valence-corrected chi connectivity index (χ4v) is 4.94. The second kappa shape index (κ2) is 8.31. The van der Waals surface area contributed by atoms with Gasteiger partial charge < -0.3 is 9.72 Å². The van der Waals surface area contributed by atoms with Crippen LogP contribution in [-0.4, -0.2) is 37.6 Å². The number of hydrogen-bond donors (Lipinski definition) is 1. The second-order valence-electron chi connectivity index (χ2n) is 9.05. The maximum Gasteiger partial charge on any atom is 0.411 e. The molecular formula is C26H26N4O3. The van der Waals surface area contributed by atoms with Gasteiger partial charge in [-0.2, -0.15) is 0 Å². The summed E-state index contributed by atoms with van der Waals surface area (Å²) in [5.74, 6) is 0.405. The van der Waals surface area contributed by atoms with Gasteiger partial charge in [-0.05, 0) is 61.9 Å². The molecule has 2 aromatic heterocycles. The molecule has 1 fully saturated rings. The zero-order chi connectivity index (χ0) is 23.0. The number of pyridine rings is 1. The lowest BCUT2D eigenvalue weighted by Crippen LogP contribution is -2.41. The van der Waals surface area contributed by atoms with E-state index in [1.165, 1.54) is 0 Å². The standard InChI is InChI=1S/C26H26N4O3/c1-26(2)22(18-7-4-3-5-8-18)30(25(32)33-26)20-11-9-17(10-12-20)19-15-21(24(31)29-16-19)23-27-13-6-14-28-23/h3-9,13-16,20,22H,10-12H2,1-2H3,(H,29,31). The summed E-state index contributed by atoms with van der Waals surface area (Å²) in [6.07, 6.45) is 9.22. The zero-order valence-corrected chi connectivity index (χ0v) is 18.7. The molecule has 5 rings (SSSR count). The van der Waals surface area contributed by atoms with Gasteiger partial charge in [-0.1, -0.05) is 36.4 Å². The van der Waals surface area contributed by atoms with Gasteiger partial charge in [0, 0.05) is 24.6 Å². The monoisotopic (exact) mass is 442 g/mol. The number of carbonyl (C=O) groups is 1. The number of benzene rings is 1. The Hall–Kier alpha value is -3.74. The van der Waals surface area contributed by atoms with Crippen LogP contribution in [0.2, 0.25) is 0 Å². The largest absolute Gasteiger partial charge is 0.441 e. The maximum atomic E-state index is 12.9. The molecule has 1 N–H and O–H groups in total. The van der Waals surface area contributed by atoms with Crippen molar-refractivity contribution in [2.45, 2.75) is 50.8 Å². The number of allylic oxidation sites excluding steroid dienone is 1. The molecule has 7 nitrogen and oxygen atoms in total. The molecule has 0 saturated carbocycles. The van der Waals surface area contributed by atoms with E-state index in [1.54, 1.807) is 24.7 Å². The van der Waals surface area contributed by atoms with Crippen LogP contribution in [0.4, 0.5) is 4.79 Å². The highest BCUT2D eigenvalue weighted by Gasteiger charge is 2.50. The molecule has 3 heterocycles. The van der Waals surface area contributed by atoms with Gasteiger partial charge >= 0.3 is 6.09 Å². The van der Waals surface area contributed by atoms with Crippen LogP contribution < -0.4 is 5.56 Å². The summed E-state index contributed by atoms with van der Waals surface area (Å²) >= 11 is 0. The first-order chi connectivity index (χ1) is 15.9. The van der Waals surface area contributed by atoms with Gasteiger partial charge in [-0.25, -0.2) is 14.8 Å². The van der Waals surface area contributed by atoms with E-state index in [4.69, 9.17) is 4.74 Å². The number of hydrogen-bond acceptors (Lipinski definition) is 5. The molecule has 33 heavy (non-hydrogen) atoms. The number of aromatic amines is 1. The third kappa shape index (κ3) is 3.95. The van der Waals surface area contributed by atoms with Gasteiger partial charge in [0.15, 0.2) is 5.82 Å². The molecule has 0 bridgehead atoms. The Bertz CT molecular complexity index is 1250. The fourth-order valence-electron chi connectivity index (χ4n) is 4.94. The van der Waals surface area contributed by atoms with Crippen molar-refractivity contribution in [2.75, 3.05) is 0 Å². The average molecular weight is 443 g/mol. The summed E-state index contributed by atoms with van der Waals surface area (Å²) in [6.45, 7) is 3.94. The number of carbonyl (C=O) groups excluding carboxylic acids is 1. The van der Waals surface area contributed by atoms with E-state index in [9.17, 15) is 9.59 Å². The van der Waals surface area contributed by atoms with Crippen molar-refractivity contribution in [3.05, 3.63) is 88.6 Å². The van der Waals surface area contributed by atoms with Crippen molar-refractivity contribution in [1.82, 2.24) is 19.9 Å². The van der Waals surface area contributed by atoms with E-state index in [-0.39, 0.29) is 23.7 Å². The smallest absolute Gasteiger partial charge is 0.411 e. The first-order valence-electron chi connectivity index (χ1n) is 11.2. The second-order valence-corrected chi connectivity index (χ2v) is 9.05. The molecule has 3 aromatic rings. The minimum Gasteiger partial charge on any atom is -0.441 e. The Labute approximate surface area is 192 Å². The van der Waals surface area contributed by atoms with Gasteiger partial charge in [0.25, 0.3) is 5.56 Å². The first kappa shape index (κ1) is 21.1. The van der Waals surface area contributed by atoms with Gasteiger partial charge in [-0.3, -0.25) is 9.69 Å². The maximum absolute atomic E-state index is 12.9. The lowest BCUT2D eigenvalue weighted by molar-refractivity contribution is 0.0668. The van der Waals surface area contributed by atoms with Crippen molar-refractivity contribution in [3.63, 3.8) is 0 Å². The van der Waals surface area contributed by atoms with Crippen molar-refractivity contribution >= 4 is 11.7 Å². The van der Waals surface area contributed by atoms with E-state index in [0.717, 1.165) is 36.0 Å². The molecule has 7 heteroatoms. The molecule has 2 unspecified atom stereocenters. The van der Waals surface area contributed by atoms with Crippen molar-refractivity contribution < 1.29 is 9.53 Å². The third-order valence-corrected chi connectivity index (χ3v) is 6.47. The molecule has 2 atom stereocenters. The third-order valence-electron chi connectivity index (χ3n) is 6.47. The molecule has 2 aliphatic rings. The Morgan fingerprint density at radius 2 is 1.85 bits per heavy atom. The zero-order valence-electron chi connectivity index (χ0n) is 18.7. The van der Waals surface area contributed by atoms with Gasteiger partial charge in [0.05, 0.1) is 11.6 Å². The lowest BCUT2D eigenvalue weighted by atomic mass is 9.86. The van der Waals surface area contributed by atoms with Crippen LogP contribution in [0.25, 0.3) is 17.0 Å². The SMILES string of the molecule is CC1(C)OC(=O)N(C2CC=C(c3c[nH]c(=O)c(-c4ncccn4)c3)CC2)C1c1ccccc1. The van der Waals surface area contributed by atoms with Gasteiger partial charge in [-0.15, -0.1) is 0 Å². The number of rotatable bonds is 4. The fraction of sp³-hybridized carbons (Fsp3) is 0.308. The van der Waals surface area contributed by atoms with Crippen molar-refractivity contribution in [3.8, 4) is 11.4 Å². The number of nitrogens with one attached hydrogen (secondary N) is 1. The van der Waals surface area contributed by atoms with Crippen LogP contribution in [-0.2, 0) is 4.74 Å². The Kier molecular flexibility index (Phi) is 5.32. The van der Waals surface area contributed by atoms with Crippen LogP contribution in [0.1, 0.15) is 50.3 Å². The molecule has 1 aromatic carbocycles. The molecule has 0 radical (unpaired) electrons. The highest BCUT2D eigenvalue weighted by atomic mass is 16.6. The molecule has 1 saturated heterocycles. The number of nitrogens with zero attached hydrogens (tertiary/aromatic N) is 3. The van der Waals surface area contributed by atoms with Crippen LogP contribution >= 0.6 is 0 Å². The summed E-state index contributed by atoms with van der Waals surface area (Å²) in [4.78, 5) is 38.4. The molecule has 1 aliphatic heterocycles. The Morgan fingerprint density at radius 3 is 2.55 bits per heavy atom. The molecule has 1 amide bonds. The number of ether oxygens (including phenoxy) is 1. The van der Waals surface area contributed by atoms with Gasteiger partial charge in [0.2, 0.25) is 0 Å². The quantitative estimate of drug-likeness (QED) is 0.631. The topological polar surface area (TPSA) is 88.2 Å². The highest BCUT2D eigenvalue weighted by Crippen LogP contribution is 2.44. The number of aromatic nitrogens is 3. The normalized spacial score (nSPS) is 22.1. The average Bonchev–Trinajstić information content (AvgIpc) is 3.08. The molecule has 0 spiro atoms. The van der Waals surface area contributed by atoms with Crippen molar-refractivity contribution in [1.29, 1.82) is 0 Å². The minimum absolute atomic E-state index is 0.0490. The van der Waals surface area contributed by atoms with Gasteiger partial charge in [0.1, 0.15) is 5.60 Å². The van der Waals surface area contributed by atoms with Crippen molar-refractivity contribution in [2.24, 2.45) is 0 Å². The lowest BCUT2D eigenvalue weighted by Gasteiger charge is -2.36. The van der Waals surface area contributed by atoms with E-state index in [2.05, 4.69) is 33.2 Å². The number of H-pyrrole nitrogens is 1. The van der Waals surface area contributed by atoms with E-state index in [1.807, 2.05) is 43.0 Å². The highest BCUT2D eigenvalue weighted by molar-refractivity contribution is 5.74. The minimum atomic E-state index is -0.605. The van der Waals surface area contributed by atoms with E-state index >= 15 is 0 Å². The van der Waals surface area contributed by atoms with Crippen LogP contribution in [0.5, 0.6) is 0 Å². The molecule has 168 valence electrons. The summed E-state index contributed by atoms with van der Waals surface area (Å²) in [6, 6.07) is 13.6. The number of amides is 1. The summed E-state index contributed by atoms with van der Waals surface area (Å²) in [7, 11) is 0. The summed E-state index contributed by atoms with van der Waals surface area (Å²) in [5.41, 5.74) is 2.79. The molecular weight excluding hydrogens is 416 g/mol. The van der Waals surface area contributed by atoms with E-state index < -0.39 is 5.60 Å². The Morgan fingerprint density at radius 1 is 1.09 bits per heavy atom. The van der Waals surface area contributed by atoms with Crippen LogP contribution in [0.15, 0.2) is 71.9 Å². The summed E-state index contributed by atoms with van der Waals surface area (Å²) in [5, 5.41) is 0. The van der Waals surface area contributed by atoms with Crippen LogP contribution in [0, 0.1) is 0 Å². The summed E-state index contributed by atoms with van der Waals surface area (Å²) < 4.78 is 5.78. The van der Waals surface area contributed by atoms with E-state index in [0.29, 0.717) is 11.4 Å². The molecule has 1 aliphatic carbocycles. The first-order valence-corrected chi connectivity index (χ1v) is 11.2.